The Bertz CT molecular complexity index is 1120. The average molecular weight is 463 g/mol. The largest absolute Gasteiger partial charge is 0.488 e. The molecule has 0 atom stereocenters. The predicted molar refractivity (Wildman–Crippen MR) is 151 cm³/mol. The SMILES string of the molecule is CC(C)(C)Oc1ccc([B-](c2ccccc2)(c2ccccc2)c2ccc(OC(C)(C)C)cc2)cc1. The molecule has 35 heavy (non-hydrogen) atoms. The van der Waals surface area contributed by atoms with E-state index in [-0.39, 0.29) is 11.2 Å². The first kappa shape index (κ1) is 24.7. The van der Waals surface area contributed by atoms with Crippen LogP contribution in [0.2, 0.25) is 0 Å². The summed E-state index contributed by atoms with van der Waals surface area (Å²) in [5.41, 5.74) is 4.54. The van der Waals surface area contributed by atoms with Crippen molar-refractivity contribution in [2.45, 2.75) is 52.7 Å². The highest BCUT2D eigenvalue weighted by atomic mass is 16.5. The summed E-state index contributed by atoms with van der Waals surface area (Å²) in [4.78, 5) is 0. The third kappa shape index (κ3) is 5.62. The molecule has 3 heteroatoms. The summed E-state index contributed by atoms with van der Waals surface area (Å²) in [6.07, 6.45) is -1.43. The van der Waals surface area contributed by atoms with E-state index in [1.807, 2.05) is 0 Å². The maximum atomic E-state index is 6.14. The molecule has 0 spiro atoms. The van der Waals surface area contributed by atoms with Gasteiger partial charge in [0.25, 0.3) is 0 Å². The van der Waals surface area contributed by atoms with Crippen LogP contribution >= 0.6 is 0 Å². The Labute approximate surface area is 210 Å². The molecule has 0 bridgehead atoms. The van der Waals surface area contributed by atoms with Gasteiger partial charge in [-0.3, -0.25) is 0 Å². The molecular weight excluding hydrogens is 427 g/mol. The summed E-state index contributed by atoms with van der Waals surface area (Å²) in [7, 11) is 0. The van der Waals surface area contributed by atoms with Crippen molar-refractivity contribution in [1.82, 2.24) is 0 Å². The number of hydrogen-bond donors (Lipinski definition) is 0. The fourth-order valence-electron chi connectivity index (χ4n) is 4.99. The van der Waals surface area contributed by atoms with Gasteiger partial charge in [-0.2, -0.15) is 21.9 Å². The van der Waals surface area contributed by atoms with Gasteiger partial charge in [0, 0.05) is 0 Å². The lowest BCUT2D eigenvalue weighted by Gasteiger charge is -2.44. The third-order valence-corrected chi connectivity index (χ3v) is 6.21. The summed E-state index contributed by atoms with van der Waals surface area (Å²) in [6.45, 7) is 12.4. The van der Waals surface area contributed by atoms with Crippen molar-refractivity contribution in [3.8, 4) is 11.5 Å². The van der Waals surface area contributed by atoms with Gasteiger partial charge in [-0.15, -0.1) is 0 Å². The van der Waals surface area contributed by atoms with Crippen molar-refractivity contribution < 1.29 is 9.47 Å². The molecule has 0 aliphatic heterocycles. The summed E-state index contributed by atoms with van der Waals surface area (Å²) in [5.74, 6) is 1.75. The second-order valence-electron chi connectivity index (χ2n) is 11.3. The van der Waals surface area contributed by atoms with Crippen molar-refractivity contribution in [2.24, 2.45) is 0 Å². The number of benzene rings is 4. The second-order valence-corrected chi connectivity index (χ2v) is 11.3. The Balaban J connectivity index is 1.94. The van der Waals surface area contributed by atoms with E-state index in [1.54, 1.807) is 0 Å². The average Bonchev–Trinajstić information content (AvgIpc) is 2.81. The molecule has 0 unspecified atom stereocenters. The smallest absolute Gasteiger partial charge is 0.119 e. The van der Waals surface area contributed by atoms with Crippen molar-refractivity contribution in [1.29, 1.82) is 0 Å². The third-order valence-electron chi connectivity index (χ3n) is 6.21. The van der Waals surface area contributed by atoms with Gasteiger partial charge in [-0.25, -0.2) is 0 Å². The maximum absolute atomic E-state index is 6.14. The van der Waals surface area contributed by atoms with Gasteiger partial charge in [0.2, 0.25) is 0 Å². The Morgan fingerprint density at radius 1 is 0.400 bits per heavy atom. The first-order chi connectivity index (χ1) is 16.6. The second kappa shape index (κ2) is 9.66. The van der Waals surface area contributed by atoms with Gasteiger partial charge in [0.05, 0.1) is 0 Å². The van der Waals surface area contributed by atoms with Crippen molar-refractivity contribution in [3.63, 3.8) is 0 Å². The number of ether oxygens (including phenoxy) is 2. The van der Waals surface area contributed by atoms with E-state index in [0.717, 1.165) is 11.5 Å². The van der Waals surface area contributed by atoms with Crippen LogP contribution in [-0.4, -0.2) is 17.3 Å². The Morgan fingerprint density at radius 2 is 0.686 bits per heavy atom. The minimum atomic E-state index is -1.43. The lowest BCUT2D eigenvalue weighted by molar-refractivity contribution is 0.130. The van der Waals surface area contributed by atoms with Gasteiger partial charge in [0.15, 0.2) is 0 Å². The minimum Gasteiger partial charge on any atom is -0.488 e. The van der Waals surface area contributed by atoms with Crippen LogP contribution in [0.1, 0.15) is 41.5 Å². The number of rotatable bonds is 6. The normalized spacial score (nSPS) is 12.3. The van der Waals surface area contributed by atoms with E-state index in [0.29, 0.717) is 0 Å². The lowest BCUT2D eigenvalue weighted by atomic mass is 9.13. The standard InChI is InChI=1S/C32H36BO2/c1-31(2,3)34-29-21-17-27(18-22-29)33(25-13-9-7-10-14-25,26-15-11-8-12-16-26)28-19-23-30(24-20-28)35-32(4,5)6/h7-24H,1-6H3/q-1. The lowest BCUT2D eigenvalue weighted by Crippen LogP contribution is -2.74. The molecule has 0 heterocycles. The molecule has 0 saturated carbocycles. The fraction of sp³-hybridized carbons (Fsp3) is 0.250. The highest BCUT2D eigenvalue weighted by Gasteiger charge is 2.31. The van der Waals surface area contributed by atoms with Crippen molar-refractivity contribution >= 4 is 28.0 Å². The van der Waals surface area contributed by atoms with Crippen LogP contribution in [0.25, 0.3) is 0 Å². The molecule has 0 aliphatic rings. The summed E-state index contributed by atoms with van der Waals surface area (Å²) in [5, 5.41) is 0. The first-order valence-corrected chi connectivity index (χ1v) is 12.4. The zero-order valence-electron chi connectivity index (χ0n) is 21.8. The van der Waals surface area contributed by atoms with Crippen LogP contribution in [0.15, 0.2) is 109 Å². The molecule has 0 saturated heterocycles. The van der Waals surface area contributed by atoms with Crippen LogP contribution in [0, 0.1) is 0 Å². The monoisotopic (exact) mass is 463 g/mol. The van der Waals surface area contributed by atoms with E-state index in [9.17, 15) is 0 Å². The van der Waals surface area contributed by atoms with E-state index in [1.165, 1.54) is 21.9 Å². The number of hydrogen-bond acceptors (Lipinski definition) is 2. The molecule has 0 fully saturated rings. The van der Waals surface area contributed by atoms with Crippen LogP contribution in [-0.2, 0) is 0 Å². The molecule has 180 valence electrons. The molecule has 0 aromatic heterocycles. The molecule has 4 aromatic carbocycles. The van der Waals surface area contributed by atoms with Crippen LogP contribution < -0.4 is 31.3 Å². The summed E-state index contributed by atoms with van der Waals surface area (Å²) in [6, 6.07) is 38.9. The van der Waals surface area contributed by atoms with Gasteiger partial charge >= 0.3 is 0 Å². The van der Waals surface area contributed by atoms with Crippen LogP contribution in [0.5, 0.6) is 11.5 Å². The quantitative estimate of drug-likeness (QED) is 0.356. The van der Waals surface area contributed by atoms with E-state index in [2.05, 4.69) is 151 Å². The van der Waals surface area contributed by atoms with Gasteiger partial charge < -0.3 is 9.47 Å². The zero-order chi connectivity index (χ0) is 25.1. The van der Waals surface area contributed by atoms with Gasteiger partial charge in [-0.1, -0.05) is 84.9 Å². The zero-order valence-corrected chi connectivity index (χ0v) is 21.8. The van der Waals surface area contributed by atoms with E-state index < -0.39 is 6.15 Å². The summed E-state index contributed by atoms with van der Waals surface area (Å²) < 4.78 is 12.3. The molecular formula is C32H36BO2-. The van der Waals surface area contributed by atoms with Gasteiger partial charge in [-0.05, 0) is 65.8 Å². The first-order valence-electron chi connectivity index (χ1n) is 12.4. The molecule has 0 aliphatic carbocycles. The van der Waals surface area contributed by atoms with Crippen LogP contribution in [0.4, 0.5) is 0 Å². The van der Waals surface area contributed by atoms with Crippen LogP contribution in [0.3, 0.4) is 0 Å². The molecule has 4 rings (SSSR count). The van der Waals surface area contributed by atoms with Crippen molar-refractivity contribution in [3.05, 3.63) is 109 Å². The summed E-state index contributed by atoms with van der Waals surface area (Å²) >= 11 is 0. The van der Waals surface area contributed by atoms with Crippen molar-refractivity contribution in [2.75, 3.05) is 0 Å². The highest BCUT2D eigenvalue weighted by Crippen LogP contribution is 2.20. The molecule has 4 aromatic rings. The Hall–Kier alpha value is -3.46. The minimum absolute atomic E-state index is 0.245. The Kier molecular flexibility index (Phi) is 6.80. The van der Waals surface area contributed by atoms with Gasteiger partial charge in [0.1, 0.15) is 28.8 Å². The molecule has 2 nitrogen and oxygen atoms in total. The topological polar surface area (TPSA) is 18.5 Å². The molecule has 0 radical (unpaired) electrons. The fourth-order valence-corrected chi connectivity index (χ4v) is 4.99. The van der Waals surface area contributed by atoms with E-state index >= 15 is 0 Å². The molecule has 0 amide bonds. The van der Waals surface area contributed by atoms with E-state index in [4.69, 9.17) is 9.47 Å². The maximum Gasteiger partial charge on any atom is 0.119 e. The Morgan fingerprint density at radius 3 is 0.971 bits per heavy atom. The predicted octanol–water partition coefficient (Wildman–Crippen LogP) is 5.42. The highest BCUT2D eigenvalue weighted by molar-refractivity contribution is 7.19. The molecule has 0 N–H and O–H groups in total.